The van der Waals surface area contributed by atoms with Crippen molar-refractivity contribution in [2.45, 2.75) is 26.3 Å². The van der Waals surface area contributed by atoms with Gasteiger partial charge in [0.15, 0.2) is 5.69 Å². The van der Waals surface area contributed by atoms with Crippen LogP contribution in [0.5, 0.6) is 0 Å². The molecule has 1 saturated heterocycles. The highest BCUT2D eigenvalue weighted by atomic mass is 35.5. The van der Waals surface area contributed by atoms with Gasteiger partial charge in [-0.15, -0.1) is 12.4 Å². The maximum absolute atomic E-state index is 12.4. The Morgan fingerprint density at radius 1 is 1.24 bits per heavy atom. The lowest BCUT2D eigenvalue weighted by atomic mass is 10.1. The van der Waals surface area contributed by atoms with Gasteiger partial charge in [-0.1, -0.05) is 12.1 Å². The molecule has 1 aromatic heterocycles. The Bertz CT molecular complexity index is 815. The molecule has 0 bridgehead atoms. The van der Waals surface area contributed by atoms with Gasteiger partial charge in [-0.05, 0) is 37.6 Å². The molecule has 7 nitrogen and oxygen atoms in total. The fourth-order valence-corrected chi connectivity index (χ4v) is 4.06. The molecule has 4 rings (SSSR count). The number of hydrogen-bond donors (Lipinski definition) is 3. The summed E-state index contributed by atoms with van der Waals surface area (Å²) in [4.78, 5) is 17.4. The third-order valence-corrected chi connectivity index (χ3v) is 5.70. The molecule has 0 atom stereocenters. The number of fused-ring (bicyclic) bond motifs is 1. The highest BCUT2D eigenvalue weighted by Gasteiger charge is 2.21. The summed E-state index contributed by atoms with van der Waals surface area (Å²) in [5.41, 5.74) is 5.30. The van der Waals surface area contributed by atoms with Crippen molar-refractivity contribution in [2.75, 3.05) is 50.7 Å². The van der Waals surface area contributed by atoms with Gasteiger partial charge in [-0.25, -0.2) is 0 Å². The van der Waals surface area contributed by atoms with Crippen LogP contribution < -0.4 is 15.5 Å². The molecule has 0 saturated carbocycles. The van der Waals surface area contributed by atoms with Crippen molar-refractivity contribution in [3.63, 3.8) is 0 Å². The Hall–Kier alpha value is -2.09. The number of aryl methyl sites for hydroxylation is 1. The van der Waals surface area contributed by atoms with Crippen LogP contribution in [0.25, 0.3) is 0 Å². The number of hydrogen-bond acceptors (Lipinski definition) is 5. The van der Waals surface area contributed by atoms with Crippen molar-refractivity contribution < 1.29 is 4.79 Å². The van der Waals surface area contributed by atoms with Crippen LogP contribution in [0.2, 0.25) is 0 Å². The molecule has 3 N–H and O–H groups in total. The summed E-state index contributed by atoms with van der Waals surface area (Å²) in [6.07, 6.45) is 1.87. The van der Waals surface area contributed by atoms with Gasteiger partial charge in [-0.3, -0.25) is 14.8 Å². The molecule has 158 valence electrons. The first-order valence-electron chi connectivity index (χ1n) is 10.3. The van der Waals surface area contributed by atoms with Gasteiger partial charge < -0.3 is 15.5 Å². The van der Waals surface area contributed by atoms with Gasteiger partial charge in [0.1, 0.15) is 0 Å². The van der Waals surface area contributed by atoms with Crippen molar-refractivity contribution in [2.24, 2.45) is 0 Å². The van der Waals surface area contributed by atoms with E-state index >= 15 is 0 Å². The number of nitrogens with one attached hydrogen (secondary N) is 3. The third-order valence-electron chi connectivity index (χ3n) is 5.70. The van der Waals surface area contributed by atoms with Crippen molar-refractivity contribution in [1.29, 1.82) is 0 Å². The molecule has 0 aliphatic carbocycles. The Labute approximate surface area is 178 Å². The van der Waals surface area contributed by atoms with Crippen molar-refractivity contribution in [3.8, 4) is 0 Å². The number of carbonyl (C=O) groups is 1. The standard InChI is InChI=1S/C21H30N6O.ClH/c1-16-4-2-5-17(14-16)27-12-10-26(11-13-27)9-3-7-23-21(28)20-18-15-22-8-6-19(18)24-25-20;/h2,4-5,14,22H,3,6-13,15H2,1H3,(H,23,28)(H,24,25);1H. The zero-order valence-electron chi connectivity index (χ0n) is 17.0. The number of piperazine rings is 1. The average Bonchev–Trinajstić information content (AvgIpc) is 3.16. The largest absolute Gasteiger partial charge is 0.369 e. The topological polar surface area (TPSA) is 76.3 Å². The van der Waals surface area contributed by atoms with Crippen LogP contribution in [0.4, 0.5) is 5.69 Å². The third kappa shape index (κ3) is 5.29. The summed E-state index contributed by atoms with van der Waals surface area (Å²) < 4.78 is 0. The van der Waals surface area contributed by atoms with Crippen LogP contribution in [-0.4, -0.2) is 66.8 Å². The first kappa shape index (κ1) is 21.6. The predicted molar refractivity (Wildman–Crippen MR) is 118 cm³/mol. The van der Waals surface area contributed by atoms with E-state index in [1.54, 1.807) is 0 Å². The number of benzene rings is 1. The van der Waals surface area contributed by atoms with Crippen LogP contribution in [0, 0.1) is 6.92 Å². The number of amides is 1. The van der Waals surface area contributed by atoms with Crippen LogP contribution >= 0.6 is 12.4 Å². The predicted octanol–water partition coefficient (Wildman–Crippen LogP) is 1.73. The van der Waals surface area contributed by atoms with E-state index in [0.717, 1.165) is 69.9 Å². The van der Waals surface area contributed by atoms with E-state index in [4.69, 9.17) is 0 Å². The molecular weight excluding hydrogens is 388 g/mol. The Morgan fingerprint density at radius 3 is 2.86 bits per heavy atom. The van der Waals surface area contributed by atoms with E-state index in [1.165, 1.54) is 11.3 Å². The van der Waals surface area contributed by atoms with E-state index in [9.17, 15) is 4.79 Å². The summed E-state index contributed by atoms with van der Waals surface area (Å²) in [5, 5.41) is 13.6. The number of aromatic nitrogens is 2. The zero-order chi connectivity index (χ0) is 19.3. The molecule has 0 unspecified atom stereocenters. The number of halogens is 1. The number of carbonyl (C=O) groups excluding carboxylic acids is 1. The van der Waals surface area contributed by atoms with Gasteiger partial charge in [-0.2, -0.15) is 5.10 Å². The molecule has 0 spiro atoms. The van der Waals surface area contributed by atoms with Crippen LogP contribution in [0.1, 0.15) is 33.7 Å². The quantitative estimate of drug-likeness (QED) is 0.623. The number of anilines is 1. The summed E-state index contributed by atoms with van der Waals surface area (Å²) in [6, 6.07) is 8.73. The molecule has 1 aromatic carbocycles. The van der Waals surface area contributed by atoms with Crippen LogP contribution in [0.3, 0.4) is 0 Å². The van der Waals surface area contributed by atoms with Crippen molar-refractivity contribution in [1.82, 2.24) is 25.7 Å². The minimum absolute atomic E-state index is 0. The highest BCUT2D eigenvalue weighted by Crippen LogP contribution is 2.18. The minimum atomic E-state index is -0.0644. The van der Waals surface area contributed by atoms with Crippen molar-refractivity contribution >= 4 is 24.0 Å². The van der Waals surface area contributed by atoms with Gasteiger partial charge in [0.2, 0.25) is 0 Å². The maximum Gasteiger partial charge on any atom is 0.272 e. The van der Waals surface area contributed by atoms with Crippen LogP contribution in [0.15, 0.2) is 24.3 Å². The zero-order valence-corrected chi connectivity index (χ0v) is 17.9. The molecule has 0 radical (unpaired) electrons. The second-order valence-electron chi connectivity index (χ2n) is 7.73. The molecule has 3 heterocycles. The summed E-state index contributed by atoms with van der Waals surface area (Å²) in [6.45, 7) is 9.76. The lowest BCUT2D eigenvalue weighted by Crippen LogP contribution is -2.47. The SMILES string of the molecule is Cc1cccc(N2CCN(CCCNC(=O)c3n[nH]c4c3CNCC4)CC2)c1.Cl. The lowest BCUT2D eigenvalue weighted by molar-refractivity contribution is 0.0945. The van der Waals surface area contributed by atoms with Gasteiger partial charge in [0, 0.05) is 69.2 Å². The molecule has 1 amide bonds. The van der Waals surface area contributed by atoms with E-state index in [1.807, 2.05) is 0 Å². The second kappa shape index (κ2) is 10.1. The molecule has 2 aliphatic heterocycles. The minimum Gasteiger partial charge on any atom is -0.369 e. The lowest BCUT2D eigenvalue weighted by Gasteiger charge is -2.36. The van der Waals surface area contributed by atoms with E-state index in [2.05, 4.69) is 61.8 Å². The summed E-state index contributed by atoms with van der Waals surface area (Å²) >= 11 is 0. The first-order chi connectivity index (χ1) is 13.7. The highest BCUT2D eigenvalue weighted by molar-refractivity contribution is 5.94. The number of nitrogens with zero attached hydrogens (tertiary/aromatic N) is 3. The monoisotopic (exact) mass is 418 g/mol. The smallest absolute Gasteiger partial charge is 0.272 e. The maximum atomic E-state index is 12.4. The Balaban J connectivity index is 0.00000240. The van der Waals surface area contributed by atoms with Gasteiger partial charge in [0.25, 0.3) is 5.91 Å². The summed E-state index contributed by atoms with van der Waals surface area (Å²) in [7, 11) is 0. The Morgan fingerprint density at radius 2 is 2.07 bits per heavy atom. The number of aromatic amines is 1. The van der Waals surface area contributed by atoms with Crippen molar-refractivity contribution in [3.05, 3.63) is 46.8 Å². The molecular formula is C21H31ClN6O. The fraction of sp³-hybridized carbons (Fsp3) is 0.524. The van der Waals surface area contributed by atoms with E-state index < -0.39 is 0 Å². The van der Waals surface area contributed by atoms with Crippen LogP contribution in [-0.2, 0) is 13.0 Å². The first-order valence-corrected chi connectivity index (χ1v) is 10.3. The van der Waals surface area contributed by atoms with E-state index in [0.29, 0.717) is 12.2 Å². The number of rotatable bonds is 6. The summed E-state index contributed by atoms with van der Waals surface area (Å²) in [5.74, 6) is -0.0644. The second-order valence-corrected chi connectivity index (χ2v) is 7.73. The average molecular weight is 419 g/mol. The molecule has 1 fully saturated rings. The van der Waals surface area contributed by atoms with Gasteiger partial charge >= 0.3 is 0 Å². The molecule has 29 heavy (non-hydrogen) atoms. The fourth-order valence-electron chi connectivity index (χ4n) is 4.06. The molecule has 2 aliphatic rings. The Kier molecular flexibility index (Phi) is 7.52. The molecule has 8 heteroatoms. The molecule has 2 aromatic rings. The number of H-pyrrole nitrogens is 1. The van der Waals surface area contributed by atoms with E-state index in [-0.39, 0.29) is 18.3 Å². The van der Waals surface area contributed by atoms with Gasteiger partial charge in [0.05, 0.1) is 0 Å². The normalized spacial score (nSPS) is 16.8.